The number of carbonyl (C=O) groups excluding carboxylic acids is 1. The smallest absolute Gasteiger partial charge is 0.271 e. The summed E-state index contributed by atoms with van der Waals surface area (Å²) in [6.07, 6.45) is 3.05. The number of rotatable bonds is 13. The van der Waals surface area contributed by atoms with Gasteiger partial charge in [0.05, 0.1) is 24.5 Å². The van der Waals surface area contributed by atoms with E-state index < -0.39 is 5.91 Å². The van der Waals surface area contributed by atoms with Crippen molar-refractivity contribution in [1.82, 2.24) is 5.43 Å². The summed E-state index contributed by atoms with van der Waals surface area (Å²) < 4.78 is 36.5. The molecule has 3 rings (SSSR count). The molecule has 194 valence electrons. The van der Waals surface area contributed by atoms with Crippen LogP contribution in [0.1, 0.15) is 35.3 Å². The Labute approximate surface area is 220 Å². The van der Waals surface area contributed by atoms with Gasteiger partial charge in [0.1, 0.15) is 19.0 Å². The van der Waals surface area contributed by atoms with Gasteiger partial charge in [-0.3, -0.25) is 4.79 Å². The predicted octanol–water partition coefficient (Wildman–Crippen LogP) is 6.18. The van der Waals surface area contributed by atoms with E-state index in [2.05, 4.69) is 17.1 Å². The fourth-order valence-corrected chi connectivity index (χ4v) is 3.52. The predicted molar refractivity (Wildman–Crippen MR) is 142 cm³/mol. The van der Waals surface area contributed by atoms with Gasteiger partial charge in [0.25, 0.3) is 5.91 Å². The summed E-state index contributed by atoms with van der Waals surface area (Å²) in [5.74, 6) is 0.805. The van der Waals surface area contributed by atoms with Gasteiger partial charge in [-0.1, -0.05) is 42.5 Å². The lowest BCUT2D eigenvalue weighted by molar-refractivity contribution is 0.0954. The van der Waals surface area contributed by atoms with Crippen molar-refractivity contribution in [2.24, 2.45) is 5.10 Å². The molecule has 0 saturated heterocycles. The average molecular weight is 527 g/mol. The molecule has 0 radical (unpaired) electrons. The van der Waals surface area contributed by atoms with Crippen LogP contribution in [0.3, 0.4) is 0 Å². The first kappa shape index (κ1) is 27.5. The van der Waals surface area contributed by atoms with Crippen LogP contribution in [0.5, 0.6) is 23.0 Å². The number of hydrogen-bond donors (Lipinski definition) is 1. The van der Waals surface area contributed by atoms with Crippen LogP contribution in [0.4, 0.5) is 4.39 Å². The molecule has 0 unspecified atom stereocenters. The van der Waals surface area contributed by atoms with E-state index in [1.165, 1.54) is 12.3 Å². The second-order valence-corrected chi connectivity index (χ2v) is 7.94. The van der Waals surface area contributed by atoms with Gasteiger partial charge in [-0.25, -0.2) is 9.82 Å². The molecule has 3 aromatic rings. The third-order valence-electron chi connectivity index (χ3n) is 4.90. The monoisotopic (exact) mass is 526 g/mol. The zero-order valence-corrected chi connectivity index (χ0v) is 21.4. The number of hydrogen-bond acceptors (Lipinski definition) is 6. The molecule has 0 aliphatic carbocycles. The highest BCUT2D eigenvalue weighted by molar-refractivity contribution is 6.32. The lowest BCUT2D eigenvalue weighted by Gasteiger charge is -2.14. The number of benzene rings is 3. The first-order valence-corrected chi connectivity index (χ1v) is 12.0. The van der Waals surface area contributed by atoms with Crippen LogP contribution < -0.4 is 24.4 Å². The van der Waals surface area contributed by atoms with Crippen molar-refractivity contribution in [2.75, 3.05) is 19.8 Å². The SMILES string of the molecule is C=CCOc1ccc(C(=O)N/N=C/c2cc(Cl)c(OCc3ccccc3F)c(OCC)c2)cc1OCC. The summed E-state index contributed by atoms with van der Waals surface area (Å²) >= 11 is 6.43. The van der Waals surface area contributed by atoms with Gasteiger partial charge in [-0.05, 0) is 55.8 Å². The maximum Gasteiger partial charge on any atom is 0.271 e. The van der Waals surface area contributed by atoms with Gasteiger partial charge < -0.3 is 18.9 Å². The van der Waals surface area contributed by atoms with Crippen LogP contribution >= 0.6 is 11.6 Å². The Bertz CT molecular complexity index is 1270. The Morgan fingerprint density at radius 3 is 2.49 bits per heavy atom. The summed E-state index contributed by atoms with van der Waals surface area (Å²) in [7, 11) is 0. The maximum atomic E-state index is 13.9. The topological polar surface area (TPSA) is 78.4 Å². The van der Waals surface area contributed by atoms with Crippen LogP contribution in [-0.2, 0) is 6.61 Å². The van der Waals surface area contributed by atoms with E-state index >= 15 is 0 Å². The van der Waals surface area contributed by atoms with Crippen molar-refractivity contribution in [3.8, 4) is 23.0 Å². The molecule has 9 heteroatoms. The molecule has 0 spiro atoms. The summed E-state index contributed by atoms with van der Waals surface area (Å²) in [5, 5.41) is 4.28. The van der Waals surface area contributed by atoms with Crippen molar-refractivity contribution in [3.63, 3.8) is 0 Å². The zero-order valence-electron chi connectivity index (χ0n) is 20.6. The van der Waals surface area contributed by atoms with Crippen molar-refractivity contribution in [3.05, 3.63) is 94.8 Å². The molecule has 0 heterocycles. The van der Waals surface area contributed by atoms with E-state index in [0.29, 0.717) is 53.8 Å². The average Bonchev–Trinajstić information content (AvgIpc) is 2.88. The van der Waals surface area contributed by atoms with Gasteiger partial charge in [-0.2, -0.15) is 5.10 Å². The minimum Gasteiger partial charge on any atom is -0.490 e. The molecule has 37 heavy (non-hydrogen) atoms. The molecule has 0 atom stereocenters. The van der Waals surface area contributed by atoms with Crippen molar-refractivity contribution in [2.45, 2.75) is 20.5 Å². The van der Waals surface area contributed by atoms with Gasteiger partial charge in [0.15, 0.2) is 23.0 Å². The molecule has 0 fully saturated rings. The quantitative estimate of drug-likeness (QED) is 0.163. The van der Waals surface area contributed by atoms with Crippen molar-refractivity contribution >= 4 is 23.7 Å². The first-order valence-electron chi connectivity index (χ1n) is 11.6. The normalized spacial score (nSPS) is 10.7. The second kappa shape index (κ2) is 13.9. The second-order valence-electron chi connectivity index (χ2n) is 7.54. The number of nitrogens with one attached hydrogen (secondary N) is 1. The number of ether oxygens (including phenoxy) is 4. The molecule has 7 nitrogen and oxygen atoms in total. The van der Waals surface area contributed by atoms with E-state index in [-0.39, 0.29) is 23.2 Å². The molecule has 0 aliphatic heterocycles. The molecule has 0 aliphatic rings. The van der Waals surface area contributed by atoms with Crippen LogP contribution in [0.15, 0.2) is 72.4 Å². The van der Waals surface area contributed by atoms with Crippen LogP contribution in [0.2, 0.25) is 5.02 Å². The largest absolute Gasteiger partial charge is 0.490 e. The van der Waals surface area contributed by atoms with E-state index in [1.54, 1.807) is 54.6 Å². The third-order valence-corrected chi connectivity index (χ3v) is 5.18. The number of nitrogens with zero attached hydrogens (tertiary/aromatic N) is 1. The Morgan fingerprint density at radius 1 is 1.00 bits per heavy atom. The number of amides is 1. The van der Waals surface area contributed by atoms with Gasteiger partial charge >= 0.3 is 0 Å². The van der Waals surface area contributed by atoms with Crippen molar-refractivity contribution in [1.29, 1.82) is 0 Å². The summed E-state index contributed by atoms with van der Waals surface area (Å²) in [6, 6.07) is 14.4. The molecule has 0 bridgehead atoms. The van der Waals surface area contributed by atoms with Gasteiger partial charge in [-0.15, -0.1) is 0 Å². The van der Waals surface area contributed by atoms with Crippen LogP contribution in [-0.4, -0.2) is 31.9 Å². The number of halogens is 2. The van der Waals surface area contributed by atoms with Gasteiger partial charge in [0, 0.05) is 11.1 Å². The summed E-state index contributed by atoms with van der Waals surface area (Å²) in [6.45, 7) is 8.35. The minimum absolute atomic E-state index is 0.0168. The van der Waals surface area contributed by atoms with Crippen molar-refractivity contribution < 1.29 is 28.1 Å². The number of hydrazone groups is 1. The minimum atomic E-state index is -0.437. The van der Waals surface area contributed by atoms with E-state index in [9.17, 15) is 9.18 Å². The highest BCUT2D eigenvalue weighted by Crippen LogP contribution is 2.37. The highest BCUT2D eigenvalue weighted by Gasteiger charge is 2.14. The fourth-order valence-electron chi connectivity index (χ4n) is 3.25. The van der Waals surface area contributed by atoms with Crippen LogP contribution in [0.25, 0.3) is 0 Å². The fraction of sp³-hybridized carbons (Fsp3) is 0.214. The highest BCUT2D eigenvalue weighted by atomic mass is 35.5. The first-order chi connectivity index (χ1) is 18.0. The standard InChI is InChI=1S/C28H28ClFN2O5/c1-4-13-36-24-12-11-20(16-25(24)34-5-2)28(33)32-31-17-19-14-22(29)27(26(15-19)35-6-3)37-18-21-9-7-8-10-23(21)30/h4,7-12,14-17H,1,5-6,13,18H2,2-3H3,(H,32,33)/b31-17+. The summed E-state index contributed by atoms with van der Waals surface area (Å²) in [5.41, 5.74) is 3.78. The number of carbonyl (C=O) groups is 1. The lowest BCUT2D eigenvalue weighted by Crippen LogP contribution is -2.17. The Kier molecular flexibility index (Phi) is 10.3. The Morgan fingerprint density at radius 2 is 1.76 bits per heavy atom. The van der Waals surface area contributed by atoms with Gasteiger partial charge in [0.2, 0.25) is 0 Å². The molecular weight excluding hydrogens is 499 g/mol. The third kappa shape index (κ3) is 7.72. The molecular formula is C28H28ClFN2O5. The molecule has 0 aromatic heterocycles. The maximum absolute atomic E-state index is 13.9. The zero-order chi connectivity index (χ0) is 26.6. The molecule has 1 N–H and O–H groups in total. The molecule has 0 saturated carbocycles. The van der Waals surface area contributed by atoms with Crippen LogP contribution in [0, 0.1) is 5.82 Å². The van der Waals surface area contributed by atoms with E-state index in [0.717, 1.165) is 0 Å². The lowest BCUT2D eigenvalue weighted by atomic mass is 10.2. The molecule has 3 aromatic carbocycles. The Hall–Kier alpha value is -4.04. The van der Waals surface area contributed by atoms with E-state index in [4.69, 9.17) is 30.5 Å². The molecule has 1 amide bonds. The summed E-state index contributed by atoms with van der Waals surface area (Å²) in [4.78, 5) is 12.6. The Balaban J connectivity index is 1.72. The van der Waals surface area contributed by atoms with E-state index in [1.807, 2.05) is 13.8 Å².